The van der Waals surface area contributed by atoms with Gasteiger partial charge in [0.05, 0.1) is 37.3 Å². The Kier molecular flexibility index (Phi) is 4.53. The molecule has 0 aliphatic heterocycles. The normalized spacial score (nSPS) is 13.0. The predicted molar refractivity (Wildman–Crippen MR) is 90.4 cm³/mol. The summed E-state index contributed by atoms with van der Waals surface area (Å²) in [5.41, 5.74) is 4.62. The quantitative estimate of drug-likeness (QED) is 0.789. The monoisotopic (exact) mass is 335 g/mol. The van der Waals surface area contributed by atoms with E-state index in [1.54, 1.807) is 24.3 Å². The maximum absolute atomic E-state index is 11.8. The van der Waals surface area contributed by atoms with E-state index in [-0.39, 0.29) is 0 Å². The molecular weight excluding hydrogens is 318 g/mol. The van der Waals surface area contributed by atoms with E-state index in [4.69, 9.17) is 9.47 Å². The van der Waals surface area contributed by atoms with Crippen molar-refractivity contribution in [1.82, 2.24) is 0 Å². The Bertz CT molecular complexity index is 828. The Hall–Kier alpha value is -3.13. The Morgan fingerprint density at radius 1 is 0.920 bits per heavy atom. The number of nitrogens with zero attached hydrogens (tertiary/aromatic N) is 1. The smallest absolute Gasteiger partial charge is 0.337 e. The van der Waals surface area contributed by atoms with Gasteiger partial charge in [-0.15, -0.1) is 0 Å². The minimum atomic E-state index is -0.439. The number of fused-ring (bicyclic) bond motifs is 2. The number of carbonyl (C=O) groups is 2. The molecule has 0 bridgehead atoms. The Morgan fingerprint density at radius 2 is 1.36 bits per heavy atom. The molecule has 2 aromatic rings. The Morgan fingerprint density at radius 3 is 1.72 bits per heavy atom. The largest absolute Gasteiger partial charge is 0.465 e. The highest BCUT2D eigenvalue weighted by molar-refractivity contribution is 5.90. The number of aryl methyl sites for hydroxylation is 2. The first-order chi connectivity index (χ1) is 12.1. The summed E-state index contributed by atoms with van der Waals surface area (Å²) in [4.78, 5) is 23.5. The van der Waals surface area contributed by atoms with Crippen LogP contribution >= 0.6 is 0 Å². The number of benzene rings is 2. The zero-order chi connectivity index (χ0) is 18.0. The van der Waals surface area contributed by atoms with Gasteiger partial charge >= 0.3 is 11.9 Å². The van der Waals surface area contributed by atoms with Crippen molar-refractivity contribution in [2.45, 2.75) is 18.8 Å². The molecule has 3 rings (SSSR count). The highest BCUT2D eigenvalue weighted by Crippen LogP contribution is 2.35. The molecule has 0 unspecified atom stereocenters. The average Bonchev–Trinajstić information content (AvgIpc) is 2.81. The van der Waals surface area contributed by atoms with E-state index in [2.05, 4.69) is 6.07 Å². The molecular formula is C20H17NO4. The standard InChI is InChI=1S/C20H17NO4/c1-24-19(22)14-5-7-16-12(9-14)3-4-13-10-15(20(23)25-2)6-8-17(13)18(16)11-21/h5-10,18H,3-4H2,1-2H3. The van der Waals surface area contributed by atoms with Gasteiger partial charge in [0.1, 0.15) is 0 Å². The van der Waals surface area contributed by atoms with Crippen molar-refractivity contribution in [2.75, 3.05) is 14.2 Å². The molecule has 5 heteroatoms. The van der Waals surface area contributed by atoms with E-state index in [9.17, 15) is 14.9 Å². The summed E-state index contributed by atoms with van der Waals surface area (Å²) >= 11 is 0. The zero-order valence-electron chi connectivity index (χ0n) is 14.0. The van der Waals surface area contributed by atoms with Gasteiger partial charge in [-0.1, -0.05) is 12.1 Å². The molecule has 25 heavy (non-hydrogen) atoms. The summed E-state index contributed by atoms with van der Waals surface area (Å²) in [5, 5.41) is 9.73. The van der Waals surface area contributed by atoms with Crippen LogP contribution in [0.1, 0.15) is 48.9 Å². The lowest BCUT2D eigenvalue weighted by molar-refractivity contribution is 0.0591. The summed E-state index contributed by atoms with van der Waals surface area (Å²) in [7, 11) is 2.69. The summed E-state index contributed by atoms with van der Waals surface area (Å²) in [5.74, 6) is -1.23. The van der Waals surface area contributed by atoms with Crippen molar-refractivity contribution in [3.05, 3.63) is 69.8 Å². The first kappa shape index (κ1) is 16.7. The van der Waals surface area contributed by atoms with Crippen LogP contribution in [0, 0.1) is 11.3 Å². The van der Waals surface area contributed by atoms with Crippen LogP contribution in [0.3, 0.4) is 0 Å². The van der Waals surface area contributed by atoms with E-state index >= 15 is 0 Å². The van der Waals surface area contributed by atoms with Crippen molar-refractivity contribution in [1.29, 1.82) is 5.26 Å². The lowest BCUT2D eigenvalue weighted by atomic mass is 9.88. The van der Waals surface area contributed by atoms with Gasteiger partial charge < -0.3 is 9.47 Å². The molecule has 1 aliphatic rings. The Balaban J connectivity index is 2.08. The molecule has 0 spiro atoms. The number of carbonyl (C=O) groups excluding carboxylic acids is 2. The predicted octanol–water partition coefficient (Wildman–Crippen LogP) is 3.01. The van der Waals surface area contributed by atoms with Crippen LogP contribution in [0.4, 0.5) is 0 Å². The molecule has 0 radical (unpaired) electrons. The third-order valence-corrected chi connectivity index (χ3v) is 4.54. The fourth-order valence-corrected chi connectivity index (χ4v) is 3.27. The third-order valence-electron chi connectivity index (χ3n) is 4.54. The van der Waals surface area contributed by atoms with Crippen molar-refractivity contribution in [3.63, 3.8) is 0 Å². The number of methoxy groups -OCH3 is 2. The molecule has 0 saturated heterocycles. The molecule has 1 aliphatic carbocycles. The lowest BCUT2D eigenvalue weighted by Crippen LogP contribution is -2.06. The second-order valence-electron chi connectivity index (χ2n) is 5.87. The highest BCUT2D eigenvalue weighted by atomic mass is 16.5. The molecule has 0 fully saturated rings. The minimum absolute atomic E-state index is 0.397. The molecule has 0 aromatic heterocycles. The second kappa shape index (κ2) is 6.78. The van der Waals surface area contributed by atoms with Crippen LogP contribution in [-0.4, -0.2) is 26.2 Å². The van der Waals surface area contributed by atoms with Crippen LogP contribution in [-0.2, 0) is 22.3 Å². The number of rotatable bonds is 2. The van der Waals surface area contributed by atoms with Crippen molar-refractivity contribution >= 4 is 11.9 Å². The van der Waals surface area contributed by atoms with E-state index in [0.717, 1.165) is 22.3 Å². The lowest BCUT2D eigenvalue weighted by Gasteiger charge is -2.14. The Labute approximate surface area is 145 Å². The van der Waals surface area contributed by atoms with Gasteiger partial charge in [0.25, 0.3) is 0 Å². The van der Waals surface area contributed by atoms with E-state index in [1.807, 2.05) is 12.1 Å². The van der Waals surface area contributed by atoms with Crippen LogP contribution in [0.5, 0.6) is 0 Å². The molecule has 126 valence electrons. The molecule has 0 atom stereocenters. The van der Waals surface area contributed by atoms with Crippen molar-refractivity contribution in [2.24, 2.45) is 0 Å². The summed E-state index contributed by atoms with van der Waals surface area (Å²) in [6.07, 6.45) is 1.35. The molecule has 0 amide bonds. The highest BCUT2D eigenvalue weighted by Gasteiger charge is 2.25. The number of hydrogen-bond acceptors (Lipinski definition) is 5. The summed E-state index contributed by atoms with van der Waals surface area (Å²) in [6, 6.07) is 12.9. The molecule has 5 nitrogen and oxygen atoms in total. The maximum Gasteiger partial charge on any atom is 0.337 e. The minimum Gasteiger partial charge on any atom is -0.465 e. The van der Waals surface area contributed by atoms with E-state index < -0.39 is 17.9 Å². The van der Waals surface area contributed by atoms with E-state index in [0.29, 0.717) is 24.0 Å². The third kappa shape index (κ3) is 2.99. The number of ether oxygens (including phenoxy) is 2. The fourth-order valence-electron chi connectivity index (χ4n) is 3.27. The topological polar surface area (TPSA) is 76.4 Å². The first-order valence-electron chi connectivity index (χ1n) is 7.91. The van der Waals surface area contributed by atoms with Gasteiger partial charge in [0.15, 0.2) is 0 Å². The van der Waals surface area contributed by atoms with Crippen molar-refractivity contribution < 1.29 is 19.1 Å². The molecule has 0 N–H and O–H groups in total. The number of hydrogen-bond donors (Lipinski definition) is 0. The second-order valence-corrected chi connectivity index (χ2v) is 5.87. The van der Waals surface area contributed by atoms with Gasteiger partial charge in [-0.3, -0.25) is 0 Å². The molecule has 0 heterocycles. The van der Waals surface area contributed by atoms with E-state index in [1.165, 1.54) is 14.2 Å². The zero-order valence-corrected chi connectivity index (χ0v) is 14.0. The molecule has 2 aromatic carbocycles. The van der Waals surface area contributed by atoms with Gasteiger partial charge in [-0.25, -0.2) is 9.59 Å². The van der Waals surface area contributed by atoms with Crippen LogP contribution in [0.25, 0.3) is 0 Å². The van der Waals surface area contributed by atoms with Gasteiger partial charge in [-0.2, -0.15) is 5.26 Å². The average molecular weight is 335 g/mol. The van der Waals surface area contributed by atoms with Crippen molar-refractivity contribution in [3.8, 4) is 6.07 Å². The first-order valence-corrected chi connectivity index (χ1v) is 7.91. The molecule has 0 saturated carbocycles. The van der Waals surface area contributed by atoms with Gasteiger partial charge in [-0.05, 0) is 59.4 Å². The summed E-state index contributed by atoms with van der Waals surface area (Å²) < 4.78 is 9.55. The van der Waals surface area contributed by atoms with Crippen LogP contribution in [0.2, 0.25) is 0 Å². The maximum atomic E-state index is 11.8. The number of esters is 2. The summed E-state index contributed by atoms with van der Waals surface area (Å²) in [6.45, 7) is 0. The SMILES string of the molecule is COC(=O)c1ccc2c(c1)CCc1cc(C(=O)OC)ccc1C2C#N. The van der Waals surface area contributed by atoms with Crippen LogP contribution in [0.15, 0.2) is 36.4 Å². The van der Waals surface area contributed by atoms with Gasteiger partial charge in [0.2, 0.25) is 0 Å². The number of nitriles is 1. The van der Waals surface area contributed by atoms with Gasteiger partial charge in [0, 0.05) is 0 Å². The van der Waals surface area contributed by atoms with Crippen LogP contribution < -0.4 is 0 Å². The fraction of sp³-hybridized carbons (Fsp3) is 0.250.